The van der Waals surface area contributed by atoms with Crippen LogP contribution in [0.2, 0.25) is 0 Å². The molecule has 0 heterocycles. The molecule has 1 amide bonds. The second-order valence-electron chi connectivity index (χ2n) is 7.86. The third-order valence-electron chi connectivity index (χ3n) is 5.71. The molecule has 2 nitrogen and oxygen atoms in total. The van der Waals surface area contributed by atoms with Crippen LogP contribution in [-0.4, -0.2) is 23.8 Å². The summed E-state index contributed by atoms with van der Waals surface area (Å²) in [6.45, 7) is 0.383. The smallest absolute Gasteiger partial charge is 0.251 e. The van der Waals surface area contributed by atoms with E-state index in [-0.39, 0.29) is 18.2 Å². The third kappa shape index (κ3) is 2.33. The fourth-order valence-electron chi connectivity index (χ4n) is 5.55. The second-order valence-corrected chi connectivity index (χ2v) is 7.86. The molecule has 0 saturated heterocycles. The maximum absolute atomic E-state index is 14.9. The Bertz CT molecular complexity index is 584. The molecule has 22 heavy (non-hydrogen) atoms. The summed E-state index contributed by atoms with van der Waals surface area (Å²) in [5.74, 6) is -0.0166. The van der Waals surface area contributed by atoms with Gasteiger partial charge in [0.2, 0.25) is 0 Å². The molecular weight excluding hydrogens is 284 g/mol. The third-order valence-corrected chi connectivity index (χ3v) is 5.71. The maximum atomic E-state index is 14.9. The van der Waals surface area contributed by atoms with Crippen molar-refractivity contribution in [1.29, 1.82) is 0 Å². The lowest BCUT2D eigenvalue weighted by atomic mass is 9.47. The van der Waals surface area contributed by atoms with Crippen LogP contribution in [0.5, 0.6) is 0 Å². The standard InChI is InChI=1S/C18H21F2NO/c19-17-7-13-6-16(9-17,10-18(20,8-13)11-17)12-21-15(22)14-4-2-1-3-5-14/h1-5,13H,6-12H2,(H,21,22). The van der Waals surface area contributed by atoms with Crippen molar-refractivity contribution in [1.82, 2.24) is 5.32 Å². The number of alkyl halides is 2. The van der Waals surface area contributed by atoms with Gasteiger partial charge in [0.15, 0.2) is 0 Å². The molecule has 0 aliphatic heterocycles. The van der Waals surface area contributed by atoms with E-state index in [0.29, 0.717) is 37.8 Å². The molecule has 5 rings (SSSR count). The summed E-state index contributed by atoms with van der Waals surface area (Å²) < 4.78 is 29.7. The van der Waals surface area contributed by atoms with Crippen LogP contribution >= 0.6 is 0 Å². The van der Waals surface area contributed by atoms with E-state index in [9.17, 15) is 13.6 Å². The van der Waals surface area contributed by atoms with Gasteiger partial charge in [-0.15, -0.1) is 0 Å². The van der Waals surface area contributed by atoms with Crippen LogP contribution in [0.1, 0.15) is 48.9 Å². The molecule has 4 saturated carbocycles. The molecule has 4 aliphatic carbocycles. The summed E-state index contributed by atoms with van der Waals surface area (Å²) in [5, 5.41) is 2.92. The van der Waals surface area contributed by atoms with E-state index in [1.54, 1.807) is 12.1 Å². The van der Waals surface area contributed by atoms with Crippen LogP contribution in [0.25, 0.3) is 0 Å². The van der Waals surface area contributed by atoms with Crippen molar-refractivity contribution in [2.24, 2.45) is 11.3 Å². The Balaban J connectivity index is 1.50. The van der Waals surface area contributed by atoms with E-state index in [0.717, 1.165) is 6.42 Å². The predicted molar refractivity (Wildman–Crippen MR) is 80.1 cm³/mol. The van der Waals surface area contributed by atoms with Crippen molar-refractivity contribution < 1.29 is 13.6 Å². The molecule has 0 aromatic heterocycles. The molecule has 1 aromatic rings. The highest BCUT2D eigenvalue weighted by Gasteiger charge is 2.64. The van der Waals surface area contributed by atoms with Crippen molar-refractivity contribution in [2.75, 3.05) is 6.54 Å². The lowest BCUT2D eigenvalue weighted by Crippen LogP contribution is -2.62. The fourth-order valence-corrected chi connectivity index (χ4v) is 5.55. The number of carbonyl (C=O) groups excluding carboxylic acids is 1. The quantitative estimate of drug-likeness (QED) is 0.904. The number of halogens is 2. The highest BCUT2D eigenvalue weighted by Crippen LogP contribution is 2.65. The molecule has 2 unspecified atom stereocenters. The average Bonchev–Trinajstić information content (AvgIpc) is 2.42. The summed E-state index contributed by atoms with van der Waals surface area (Å²) in [7, 11) is 0. The summed E-state index contributed by atoms with van der Waals surface area (Å²) in [4.78, 5) is 12.2. The van der Waals surface area contributed by atoms with Gasteiger partial charge in [0.05, 0.1) is 0 Å². The molecule has 4 aliphatic rings. The summed E-state index contributed by atoms with van der Waals surface area (Å²) >= 11 is 0. The minimum absolute atomic E-state index is 0.0604. The van der Waals surface area contributed by atoms with E-state index in [1.807, 2.05) is 18.2 Å². The van der Waals surface area contributed by atoms with E-state index < -0.39 is 16.8 Å². The van der Waals surface area contributed by atoms with Crippen molar-refractivity contribution in [3.8, 4) is 0 Å². The molecule has 4 fully saturated rings. The van der Waals surface area contributed by atoms with E-state index in [4.69, 9.17) is 0 Å². The SMILES string of the molecule is O=C(NCC12CC3CC(F)(CC(F)(C3)C1)C2)c1ccccc1. The Morgan fingerprint density at radius 2 is 1.68 bits per heavy atom. The topological polar surface area (TPSA) is 29.1 Å². The molecule has 118 valence electrons. The van der Waals surface area contributed by atoms with Crippen LogP contribution in [-0.2, 0) is 0 Å². The summed E-state index contributed by atoms with van der Waals surface area (Å²) in [5.41, 5.74) is -2.51. The van der Waals surface area contributed by atoms with Gasteiger partial charge in [0.25, 0.3) is 5.91 Å². The maximum Gasteiger partial charge on any atom is 0.251 e. The van der Waals surface area contributed by atoms with Gasteiger partial charge in [-0.1, -0.05) is 18.2 Å². The number of hydrogen-bond donors (Lipinski definition) is 1. The molecule has 2 atom stereocenters. The zero-order valence-corrected chi connectivity index (χ0v) is 12.6. The predicted octanol–water partition coefficient (Wildman–Crippen LogP) is 3.82. The fraction of sp³-hybridized carbons (Fsp3) is 0.611. The lowest BCUT2D eigenvalue weighted by molar-refractivity contribution is -0.172. The van der Waals surface area contributed by atoms with Crippen molar-refractivity contribution >= 4 is 5.91 Å². The molecule has 1 aromatic carbocycles. The number of benzene rings is 1. The minimum atomic E-state index is -1.36. The van der Waals surface area contributed by atoms with Gasteiger partial charge in [0, 0.05) is 18.5 Å². The van der Waals surface area contributed by atoms with Gasteiger partial charge in [-0.3, -0.25) is 4.79 Å². The Kier molecular flexibility index (Phi) is 2.91. The molecular formula is C18H21F2NO. The number of rotatable bonds is 3. The minimum Gasteiger partial charge on any atom is -0.351 e. The Hall–Kier alpha value is -1.45. The molecule has 4 bridgehead atoms. The van der Waals surface area contributed by atoms with E-state index in [2.05, 4.69) is 5.32 Å². The summed E-state index contributed by atoms with van der Waals surface area (Å²) in [6.07, 6.45) is 2.72. The van der Waals surface area contributed by atoms with Crippen LogP contribution in [0.3, 0.4) is 0 Å². The van der Waals surface area contributed by atoms with E-state index >= 15 is 0 Å². The Labute approximate surface area is 129 Å². The van der Waals surface area contributed by atoms with Gasteiger partial charge in [-0.05, 0) is 55.6 Å². The van der Waals surface area contributed by atoms with Crippen LogP contribution in [0, 0.1) is 11.3 Å². The second kappa shape index (κ2) is 4.53. The van der Waals surface area contributed by atoms with Crippen molar-refractivity contribution in [2.45, 2.75) is 49.9 Å². The van der Waals surface area contributed by atoms with Crippen LogP contribution in [0.4, 0.5) is 8.78 Å². The number of nitrogens with one attached hydrogen (secondary N) is 1. The Morgan fingerprint density at radius 1 is 1.05 bits per heavy atom. The normalized spacial score (nSPS) is 42.4. The van der Waals surface area contributed by atoms with Crippen LogP contribution < -0.4 is 5.32 Å². The molecule has 4 heteroatoms. The Morgan fingerprint density at radius 3 is 2.27 bits per heavy atom. The highest BCUT2D eigenvalue weighted by atomic mass is 19.2. The zero-order valence-electron chi connectivity index (χ0n) is 12.6. The molecule has 0 radical (unpaired) electrons. The molecule has 1 N–H and O–H groups in total. The van der Waals surface area contributed by atoms with Crippen LogP contribution in [0.15, 0.2) is 30.3 Å². The number of hydrogen-bond acceptors (Lipinski definition) is 1. The first-order valence-electron chi connectivity index (χ1n) is 8.11. The van der Waals surface area contributed by atoms with Crippen molar-refractivity contribution in [3.63, 3.8) is 0 Å². The van der Waals surface area contributed by atoms with Crippen molar-refractivity contribution in [3.05, 3.63) is 35.9 Å². The van der Waals surface area contributed by atoms with E-state index in [1.165, 1.54) is 0 Å². The van der Waals surface area contributed by atoms with Gasteiger partial charge < -0.3 is 5.32 Å². The molecule has 0 spiro atoms. The first-order valence-corrected chi connectivity index (χ1v) is 8.11. The zero-order chi connectivity index (χ0) is 15.4. The average molecular weight is 305 g/mol. The highest BCUT2D eigenvalue weighted by molar-refractivity contribution is 5.94. The number of carbonyl (C=O) groups is 1. The lowest BCUT2D eigenvalue weighted by Gasteiger charge is -2.61. The van der Waals surface area contributed by atoms with Gasteiger partial charge in [0.1, 0.15) is 11.3 Å². The largest absolute Gasteiger partial charge is 0.351 e. The number of amides is 1. The first kappa shape index (κ1) is 14.2. The first-order chi connectivity index (χ1) is 10.4. The summed E-state index contributed by atoms with van der Waals surface area (Å²) in [6, 6.07) is 8.99. The monoisotopic (exact) mass is 305 g/mol. The van der Waals surface area contributed by atoms with Gasteiger partial charge in [-0.25, -0.2) is 8.78 Å². The van der Waals surface area contributed by atoms with Gasteiger partial charge in [-0.2, -0.15) is 0 Å². The van der Waals surface area contributed by atoms with Gasteiger partial charge >= 0.3 is 0 Å².